The number of aromatic hydroxyl groups is 1. The fourth-order valence-corrected chi connectivity index (χ4v) is 5.46. The summed E-state index contributed by atoms with van der Waals surface area (Å²) in [5, 5.41) is 31.2. The number of hydrogen-bond donors (Lipinski definition) is 4. The topological polar surface area (TPSA) is 200 Å². The molecule has 0 bridgehead atoms. The van der Waals surface area contributed by atoms with Crippen LogP contribution >= 0.6 is 0 Å². The molecule has 0 aromatic heterocycles. The number of hydrogen-bond acceptors (Lipinski definition) is 11. The first-order chi connectivity index (χ1) is 22.3. The first-order valence-corrected chi connectivity index (χ1v) is 16.4. The second-order valence-electron chi connectivity index (χ2n) is 9.65. The van der Waals surface area contributed by atoms with Crippen LogP contribution in [0.5, 0.6) is 11.5 Å². The minimum atomic E-state index is -4.84. The lowest BCUT2D eigenvalue weighted by atomic mass is 10.1. The molecule has 4 N–H and O–H groups in total. The van der Waals surface area contributed by atoms with Crippen molar-refractivity contribution < 1.29 is 35.8 Å². The number of benzene rings is 5. The number of para-hydroxylation sites is 1. The lowest BCUT2D eigenvalue weighted by molar-refractivity contribution is 0.416. The van der Waals surface area contributed by atoms with Gasteiger partial charge in [-0.15, -0.1) is 23.4 Å². The van der Waals surface area contributed by atoms with Crippen molar-refractivity contribution in [3.63, 3.8) is 0 Å². The van der Waals surface area contributed by atoms with Crippen molar-refractivity contribution in [2.45, 2.75) is 16.7 Å². The Morgan fingerprint density at radius 1 is 0.723 bits per heavy atom. The van der Waals surface area contributed by atoms with Crippen molar-refractivity contribution in [1.82, 2.24) is 0 Å². The van der Waals surface area contributed by atoms with E-state index < -0.39 is 36.6 Å². The van der Waals surface area contributed by atoms with Crippen LogP contribution in [0.2, 0.25) is 0 Å². The number of fused-ring (bicyclic) bond motifs is 1. The molecule has 0 heterocycles. The highest BCUT2D eigenvalue weighted by molar-refractivity contribution is 7.86. The Balaban J connectivity index is 0.00000245. The molecule has 15 heteroatoms. The highest BCUT2D eigenvalue weighted by Crippen LogP contribution is 2.43. The number of anilines is 2. The summed E-state index contributed by atoms with van der Waals surface area (Å²) in [6.45, 7) is 7.70. The highest BCUT2D eigenvalue weighted by Gasteiger charge is 2.22. The van der Waals surface area contributed by atoms with Gasteiger partial charge in [0.15, 0.2) is 5.75 Å². The van der Waals surface area contributed by atoms with Crippen LogP contribution in [-0.4, -0.2) is 38.2 Å². The molecule has 47 heavy (non-hydrogen) atoms. The molecule has 0 fully saturated rings. The zero-order valence-corrected chi connectivity index (χ0v) is 26.7. The van der Waals surface area contributed by atoms with Crippen LogP contribution in [0.15, 0.2) is 134 Å². The standard InChI is InChI=1S/C30H25N5O8S2.C2H4/c1-18-14-26(27(43-2)17-25(18)33-32-21-8-11-23(12-9-21)44(37,38)39)34-35-29-28(45(40,41)42)16-19-15-22(10-13-24(19)30(29)36)31-20-6-4-3-5-7-20;1-2/h3-17,31,36H,1-2H3,(H,37,38,39)(H,40,41,42);1-2H2. The third kappa shape index (κ3) is 8.22. The molecule has 5 aromatic carbocycles. The number of rotatable bonds is 9. The fourth-order valence-electron chi connectivity index (χ4n) is 4.32. The van der Waals surface area contributed by atoms with Gasteiger partial charge in [-0.2, -0.15) is 27.1 Å². The Hall–Kier alpha value is -5.48. The maximum atomic E-state index is 12.4. The van der Waals surface area contributed by atoms with Crippen molar-refractivity contribution in [2.24, 2.45) is 20.5 Å². The molecule has 0 unspecified atom stereocenters. The minimum Gasteiger partial charge on any atom is -0.505 e. The van der Waals surface area contributed by atoms with Gasteiger partial charge in [-0.3, -0.25) is 9.11 Å². The molecular formula is C32H29N5O8S2. The quantitative estimate of drug-likeness (QED) is 0.0669. The molecule has 0 saturated heterocycles. The van der Waals surface area contributed by atoms with Gasteiger partial charge in [0.2, 0.25) is 0 Å². The molecule has 0 spiro atoms. The van der Waals surface area contributed by atoms with E-state index in [2.05, 4.69) is 38.9 Å². The third-order valence-electron chi connectivity index (χ3n) is 6.55. The van der Waals surface area contributed by atoms with E-state index in [-0.39, 0.29) is 21.7 Å². The SMILES string of the molecule is C=C.COc1cc(N=Nc2ccc(S(=O)(=O)O)cc2)c(C)cc1N=Nc1c(S(=O)(=O)O)cc2cc(Nc3ccccc3)ccc2c1O. The summed E-state index contributed by atoms with van der Waals surface area (Å²) in [5.74, 6) is -0.318. The van der Waals surface area contributed by atoms with E-state index in [9.17, 15) is 26.5 Å². The van der Waals surface area contributed by atoms with Gasteiger partial charge in [-0.1, -0.05) is 18.2 Å². The van der Waals surface area contributed by atoms with E-state index in [1.807, 2.05) is 30.3 Å². The summed E-state index contributed by atoms with van der Waals surface area (Å²) in [6.07, 6.45) is 0. The molecule has 5 rings (SSSR count). The number of aryl methyl sites for hydroxylation is 1. The Morgan fingerprint density at radius 2 is 1.38 bits per heavy atom. The summed E-state index contributed by atoms with van der Waals surface area (Å²) in [4.78, 5) is -0.928. The van der Waals surface area contributed by atoms with Gasteiger partial charge in [0.1, 0.15) is 22.0 Å². The van der Waals surface area contributed by atoms with Crippen LogP contribution in [0, 0.1) is 6.92 Å². The Labute approximate surface area is 271 Å². The van der Waals surface area contributed by atoms with Crippen molar-refractivity contribution in [3.8, 4) is 11.5 Å². The second-order valence-corrected chi connectivity index (χ2v) is 12.5. The van der Waals surface area contributed by atoms with Crippen LogP contribution < -0.4 is 10.1 Å². The number of phenolic OH excluding ortho intramolecular Hbond substituents is 1. The number of azo groups is 2. The average Bonchev–Trinajstić information content (AvgIpc) is 3.04. The van der Waals surface area contributed by atoms with Gasteiger partial charge in [0, 0.05) is 22.8 Å². The molecule has 0 saturated carbocycles. The van der Waals surface area contributed by atoms with Crippen molar-refractivity contribution in [3.05, 3.63) is 110 Å². The number of ether oxygens (including phenoxy) is 1. The Bertz CT molecular complexity index is 2210. The zero-order valence-electron chi connectivity index (χ0n) is 25.1. The van der Waals surface area contributed by atoms with Crippen LogP contribution in [0.3, 0.4) is 0 Å². The predicted octanol–water partition coefficient (Wildman–Crippen LogP) is 8.73. The van der Waals surface area contributed by atoms with E-state index in [0.29, 0.717) is 28.0 Å². The molecular weight excluding hydrogens is 647 g/mol. The van der Waals surface area contributed by atoms with E-state index >= 15 is 0 Å². The van der Waals surface area contributed by atoms with Crippen molar-refractivity contribution in [1.29, 1.82) is 0 Å². The van der Waals surface area contributed by atoms with Crippen LogP contribution in [0.1, 0.15) is 5.56 Å². The monoisotopic (exact) mass is 675 g/mol. The third-order valence-corrected chi connectivity index (χ3v) is 8.29. The summed E-state index contributed by atoms with van der Waals surface area (Å²) in [6, 6.07) is 23.6. The maximum absolute atomic E-state index is 12.4. The summed E-state index contributed by atoms with van der Waals surface area (Å²) >= 11 is 0. The Morgan fingerprint density at radius 3 is 2.00 bits per heavy atom. The number of nitrogens with one attached hydrogen (secondary N) is 1. The molecule has 5 aromatic rings. The largest absolute Gasteiger partial charge is 0.505 e. The number of methoxy groups -OCH3 is 1. The molecule has 0 atom stereocenters. The molecule has 0 aliphatic heterocycles. The summed E-state index contributed by atoms with van der Waals surface area (Å²) in [7, 11) is -7.81. The molecule has 242 valence electrons. The second kappa shape index (κ2) is 14.3. The Kier molecular flexibility index (Phi) is 10.5. The number of phenols is 1. The van der Waals surface area contributed by atoms with Gasteiger partial charge < -0.3 is 15.2 Å². The van der Waals surface area contributed by atoms with Gasteiger partial charge in [0.05, 0.1) is 23.4 Å². The molecule has 0 radical (unpaired) electrons. The normalized spacial score (nSPS) is 11.8. The molecule has 0 aliphatic rings. The lowest BCUT2D eigenvalue weighted by Crippen LogP contribution is -1.99. The van der Waals surface area contributed by atoms with E-state index in [0.717, 1.165) is 5.69 Å². The smallest absolute Gasteiger partial charge is 0.296 e. The predicted molar refractivity (Wildman–Crippen MR) is 179 cm³/mol. The maximum Gasteiger partial charge on any atom is 0.296 e. The zero-order chi connectivity index (χ0) is 34.4. The summed E-state index contributed by atoms with van der Waals surface area (Å²) in [5.41, 5.74) is 2.37. The van der Waals surface area contributed by atoms with Crippen LogP contribution in [0.25, 0.3) is 10.8 Å². The summed E-state index contributed by atoms with van der Waals surface area (Å²) < 4.78 is 71.7. The lowest BCUT2D eigenvalue weighted by Gasteiger charge is -2.12. The van der Waals surface area contributed by atoms with Crippen molar-refractivity contribution >= 4 is 65.1 Å². The van der Waals surface area contributed by atoms with E-state index in [4.69, 9.17) is 9.29 Å². The van der Waals surface area contributed by atoms with Crippen LogP contribution in [-0.2, 0) is 20.2 Å². The highest BCUT2D eigenvalue weighted by atomic mass is 32.2. The van der Waals surface area contributed by atoms with E-state index in [1.165, 1.54) is 43.5 Å². The average molecular weight is 676 g/mol. The molecule has 0 amide bonds. The molecule has 13 nitrogen and oxygen atoms in total. The van der Waals surface area contributed by atoms with Gasteiger partial charge >= 0.3 is 0 Å². The van der Waals surface area contributed by atoms with Gasteiger partial charge in [0.25, 0.3) is 20.2 Å². The minimum absolute atomic E-state index is 0.162. The van der Waals surface area contributed by atoms with Crippen molar-refractivity contribution in [2.75, 3.05) is 12.4 Å². The number of nitrogens with zero attached hydrogens (tertiary/aromatic N) is 4. The van der Waals surface area contributed by atoms with E-state index in [1.54, 1.807) is 31.2 Å². The van der Waals surface area contributed by atoms with Crippen LogP contribution in [0.4, 0.5) is 34.1 Å². The fraction of sp³-hybridized carbons (Fsp3) is 0.0625. The first-order valence-electron chi connectivity index (χ1n) is 13.5. The molecule has 0 aliphatic carbocycles. The first kappa shape index (κ1) is 34.4. The van der Waals surface area contributed by atoms with Gasteiger partial charge in [-0.25, -0.2) is 0 Å². The van der Waals surface area contributed by atoms with Gasteiger partial charge in [-0.05, 0) is 84.6 Å².